The molecule has 0 radical (unpaired) electrons. The summed E-state index contributed by atoms with van der Waals surface area (Å²) in [5.41, 5.74) is 0. The molecule has 0 aliphatic heterocycles. The van der Waals surface area contributed by atoms with Gasteiger partial charge < -0.3 is 33.8 Å². The summed E-state index contributed by atoms with van der Waals surface area (Å²) in [6.07, 6.45) is 82.3. The topological polar surface area (TPSA) is 237 Å². The predicted octanol–water partition coefficient (Wildman–Crippen LogP) is 24.3. The normalized spacial score (nSPS) is 14.3. The minimum absolute atomic E-state index is 0.0930. The molecule has 0 aromatic carbocycles. The summed E-state index contributed by atoms with van der Waals surface area (Å²) in [4.78, 5) is 73.1. The SMILES string of the molecule is CC/C=C\C/C=C\C/C=C\C/C=C\CCCCCCCCC(=O)OCC(COP(=O)(O)OCC(O)COP(=O)(O)OCC(COC(=O)CCCCCC/C=C\C/C=C\C/C=C\C/C=C\CC)OC(=O)CCCCCCCCCCCCCCC)OC(=O)CCCCCCCCCCCCCCCCC. The second-order valence-electron chi connectivity index (χ2n) is 27.7. The van der Waals surface area contributed by atoms with E-state index in [-0.39, 0.29) is 25.7 Å². The van der Waals surface area contributed by atoms with Gasteiger partial charge in [0, 0.05) is 25.7 Å². The first kappa shape index (κ1) is 100.0. The molecule has 5 atom stereocenters. The zero-order valence-electron chi connectivity index (χ0n) is 65.9. The lowest BCUT2D eigenvalue weighted by Crippen LogP contribution is -2.30. The van der Waals surface area contributed by atoms with Crippen molar-refractivity contribution in [2.45, 2.75) is 380 Å². The van der Waals surface area contributed by atoms with Crippen molar-refractivity contribution in [3.8, 4) is 0 Å². The summed E-state index contributed by atoms with van der Waals surface area (Å²) in [5.74, 6) is -2.19. The molecule has 602 valence electrons. The Bertz CT molecular complexity index is 2350. The molecule has 0 rings (SSSR count). The van der Waals surface area contributed by atoms with Crippen molar-refractivity contribution in [3.63, 3.8) is 0 Å². The quantitative estimate of drug-likeness (QED) is 0.0169. The number of hydrogen-bond donors (Lipinski definition) is 3. The molecule has 0 saturated heterocycles. The van der Waals surface area contributed by atoms with Crippen LogP contribution in [-0.2, 0) is 65.4 Å². The fraction of sp³-hybridized carbons (Fsp3) is 0.765. The Morgan fingerprint density at radius 2 is 0.500 bits per heavy atom. The minimum Gasteiger partial charge on any atom is -0.462 e. The maximum absolute atomic E-state index is 13.1. The van der Waals surface area contributed by atoms with Crippen molar-refractivity contribution in [2.24, 2.45) is 0 Å². The van der Waals surface area contributed by atoms with Gasteiger partial charge in [0.2, 0.25) is 0 Å². The average Bonchev–Trinajstić information content (AvgIpc) is 0.911. The van der Waals surface area contributed by atoms with Gasteiger partial charge >= 0.3 is 39.5 Å². The van der Waals surface area contributed by atoms with Crippen molar-refractivity contribution < 1.29 is 80.2 Å². The third-order valence-electron chi connectivity index (χ3n) is 17.6. The van der Waals surface area contributed by atoms with Crippen LogP contribution in [-0.4, -0.2) is 96.7 Å². The number of hydrogen-bond acceptors (Lipinski definition) is 15. The van der Waals surface area contributed by atoms with Crippen molar-refractivity contribution >= 4 is 39.5 Å². The molecule has 0 saturated carbocycles. The van der Waals surface area contributed by atoms with E-state index >= 15 is 0 Å². The molecule has 0 aliphatic carbocycles. The highest BCUT2D eigenvalue weighted by Crippen LogP contribution is 2.45. The molecule has 0 heterocycles. The van der Waals surface area contributed by atoms with Crippen LogP contribution in [0.2, 0.25) is 0 Å². The number of allylic oxidation sites excluding steroid dienone is 16. The van der Waals surface area contributed by atoms with E-state index in [1.54, 1.807) is 0 Å². The fourth-order valence-corrected chi connectivity index (χ4v) is 12.9. The van der Waals surface area contributed by atoms with Crippen molar-refractivity contribution in [2.75, 3.05) is 39.6 Å². The Hall–Kier alpha value is -4.02. The molecule has 104 heavy (non-hydrogen) atoms. The lowest BCUT2D eigenvalue weighted by atomic mass is 10.0. The Balaban J connectivity index is 5.35. The number of aliphatic hydroxyl groups is 1. The number of carbonyl (C=O) groups excluding carboxylic acids is 4. The van der Waals surface area contributed by atoms with E-state index in [4.69, 9.17) is 37.0 Å². The second kappa shape index (κ2) is 77.1. The van der Waals surface area contributed by atoms with Gasteiger partial charge in [0.15, 0.2) is 12.2 Å². The smallest absolute Gasteiger partial charge is 0.462 e. The second-order valence-corrected chi connectivity index (χ2v) is 30.6. The highest BCUT2D eigenvalue weighted by Gasteiger charge is 2.30. The van der Waals surface area contributed by atoms with E-state index in [0.717, 1.165) is 167 Å². The Morgan fingerprint density at radius 3 is 0.769 bits per heavy atom. The number of esters is 4. The monoisotopic (exact) mass is 1510 g/mol. The van der Waals surface area contributed by atoms with Crippen LogP contribution in [0.25, 0.3) is 0 Å². The molecule has 0 fully saturated rings. The first-order valence-electron chi connectivity index (χ1n) is 41.5. The number of phosphoric ester groups is 2. The molecule has 0 spiro atoms. The summed E-state index contributed by atoms with van der Waals surface area (Å²) in [7, 11) is -9.96. The van der Waals surface area contributed by atoms with E-state index < -0.39 is 97.5 Å². The zero-order chi connectivity index (χ0) is 76.0. The highest BCUT2D eigenvalue weighted by atomic mass is 31.2. The lowest BCUT2D eigenvalue weighted by molar-refractivity contribution is -0.161. The molecule has 0 amide bonds. The molecule has 0 aliphatic rings. The molecular formula is C85H150O17P2. The number of unbranched alkanes of at least 4 members (excludes halogenated alkanes) is 36. The summed E-state index contributed by atoms with van der Waals surface area (Å²) >= 11 is 0. The highest BCUT2D eigenvalue weighted by molar-refractivity contribution is 7.47. The minimum atomic E-state index is -4.98. The van der Waals surface area contributed by atoms with E-state index in [1.807, 2.05) is 0 Å². The summed E-state index contributed by atoms with van der Waals surface area (Å²) in [6.45, 7) is 4.68. The molecule has 19 heteroatoms. The van der Waals surface area contributed by atoms with Gasteiger partial charge in [0.1, 0.15) is 19.3 Å². The van der Waals surface area contributed by atoms with Crippen molar-refractivity contribution in [3.05, 3.63) is 97.2 Å². The number of phosphoric acid groups is 2. The first-order chi connectivity index (χ1) is 50.7. The summed E-state index contributed by atoms with van der Waals surface area (Å²) in [5, 5.41) is 10.7. The third kappa shape index (κ3) is 76.2. The number of ether oxygens (including phenoxy) is 4. The molecule has 0 bridgehead atoms. The summed E-state index contributed by atoms with van der Waals surface area (Å²) < 4.78 is 68.7. The Kier molecular flexibility index (Phi) is 74.2. The van der Waals surface area contributed by atoms with Crippen molar-refractivity contribution in [1.29, 1.82) is 0 Å². The van der Waals surface area contributed by atoms with Crippen LogP contribution < -0.4 is 0 Å². The van der Waals surface area contributed by atoms with Crippen LogP contribution in [0.15, 0.2) is 97.2 Å². The number of rotatable bonds is 78. The molecular weight excluding hydrogens is 1350 g/mol. The lowest BCUT2D eigenvalue weighted by Gasteiger charge is -2.21. The van der Waals surface area contributed by atoms with Crippen LogP contribution in [0.4, 0.5) is 0 Å². The Labute approximate surface area is 633 Å². The maximum atomic E-state index is 13.1. The summed E-state index contributed by atoms with van der Waals surface area (Å²) in [6, 6.07) is 0. The standard InChI is InChI=1S/C85H150O17P2/c1-5-9-13-17-21-25-29-33-36-38-39-41-44-47-50-54-58-62-66-70-83(88)96-76-81(102-85(90)72-68-64-60-56-52-48-42-35-31-27-23-19-15-11-7-3)78-100-104(93,94)98-74-79(86)73-97-103(91,92)99-77-80(101-84(89)71-67-63-59-55-51-45-32-28-24-20-16-12-8-4)75-95-82(87)69-65-61-57-53-49-46-43-40-37-34-30-26-22-18-14-10-6-2/h9-10,13-14,21-22,25-26,33-34,36-37,39,41,43,46,79-81,86H,5-8,11-12,15-20,23-24,27-32,35,38,40,42,44-45,47-78H2,1-4H3,(H,91,92)(H,93,94)/b13-9-,14-10-,25-21-,26-22-,36-33-,37-34-,41-39-,46-43-. The van der Waals surface area contributed by atoms with Gasteiger partial charge in [0.25, 0.3) is 0 Å². The van der Waals surface area contributed by atoms with Crippen LogP contribution in [0.5, 0.6) is 0 Å². The van der Waals surface area contributed by atoms with Gasteiger partial charge in [-0.05, 0) is 103 Å². The number of aliphatic hydroxyl groups excluding tert-OH is 1. The van der Waals surface area contributed by atoms with Crippen LogP contribution in [0.3, 0.4) is 0 Å². The largest absolute Gasteiger partial charge is 0.472 e. The van der Waals surface area contributed by atoms with Gasteiger partial charge in [0.05, 0.1) is 26.4 Å². The molecule has 3 N–H and O–H groups in total. The third-order valence-corrected chi connectivity index (χ3v) is 19.5. The molecule has 5 unspecified atom stereocenters. The fourth-order valence-electron chi connectivity index (χ4n) is 11.3. The van der Waals surface area contributed by atoms with Gasteiger partial charge in [-0.25, -0.2) is 9.13 Å². The Morgan fingerprint density at radius 1 is 0.279 bits per heavy atom. The van der Waals surface area contributed by atoms with Crippen LogP contribution in [0.1, 0.15) is 362 Å². The van der Waals surface area contributed by atoms with E-state index in [2.05, 4.69) is 125 Å². The van der Waals surface area contributed by atoms with Gasteiger partial charge in [-0.3, -0.25) is 37.3 Å². The van der Waals surface area contributed by atoms with Crippen molar-refractivity contribution in [1.82, 2.24) is 0 Å². The van der Waals surface area contributed by atoms with E-state index in [0.29, 0.717) is 25.7 Å². The zero-order valence-corrected chi connectivity index (χ0v) is 67.7. The number of carbonyl (C=O) groups is 4. The first-order valence-corrected chi connectivity index (χ1v) is 44.5. The predicted molar refractivity (Wildman–Crippen MR) is 427 cm³/mol. The van der Waals surface area contributed by atoms with Crippen LogP contribution in [0, 0.1) is 0 Å². The van der Waals surface area contributed by atoms with E-state index in [1.165, 1.54) is 116 Å². The van der Waals surface area contributed by atoms with Gasteiger partial charge in [-0.15, -0.1) is 0 Å². The average molecular weight is 1510 g/mol. The molecule has 0 aromatic rings. The maximum Gasteiger partial charge on any atom is 0.472 e. The molecule has 17 nitrogen and oxygen atoms in total. The van der Waals surface area contributed by atoms with Gasteiger partial charge in [-0.2, -0.15) is 0 Å². The van der Waals surface area contributed by atoms with E-state index in [9.17, 15) is 43.2 Å². The molecule has 0 aromatic heterocycles. The van der Waals surface area contributed by atoms with Crippen LogP contribution >= 0.6 is 15.6 Å². The van der Waals surface area contributed by atoms with Gasteiger partial charge in [-0.1, -0.05) is 330 Å².